The largest absolute Gasteiger partial charge is 0.389 e. The van der Waals surface area contributed by atoms with Crippen LogP contribution in [0.3, 0.4) is 0 Å². The molecule has 1 aliphatic rings. The molecule has 1 fully saturated rings. The second kappa shape index (κ2) is 5.80. The molecule has 0 aromatic heterocycles. The molecule has 1 amide bonds. The van der Waals surface area contributed by atoms with Gasteiger partial charge >= 0.3 is 0 Å². The number of carbonyl (C=O) groups excluding carboxylic acids is 1. The molecular weight excluding hydrogens is 220 g/mol. The molecule has 100 valence electrons. The molecule has 17 heavy (non-hydrogen) atoms. The van der Waals surface area contributed by atoms with E-state index in [0.29, 0.717) is 26.2 Å². The molecule has 1 unspecified atom stereocenters. The van der Waals surface area contributed by atoms with Crippen LogP contribution >= 0.6 is 0 Å². The van der Waals surface area contributed by atoms with E-state index in [-0.39, 0.29) is 5.91 Å². The molecule has 0 saturated carbocycles. The predicted octanol–water partition coefficient (Wildman–Crippen LogP) is -0.0636. The minimum atomic E-state index is -0.869. The first-order valence-corrected chi connectivity index (χ1v) is 6.15. The Balaban J connectivity index is 2.59. The lowest BCUT2D eigenvalue weighted by atomic mass is 10.1. The fourth-order valence-electron chi connectivity index (χ4n) is 1.94. The first kappa shape index (κ1) is 14.4. The first-order chi connectivity index (χ1) is 7.83. The molecule has 1 saturated heterocycles. The highest BCUT2D eigenvalue weighted by Gasteiger charge is 2.30. The van der Waals surface area contributed by atoms with Crippen molar-refractivity contribution in [1.29, 1.82) is 0 Å². The van der Waals surface area contributed by atoms with Gasteiger partial charge in [-0.1, -0.05) is 0 Å². The maximum Gasteiger partial charge on any atom is 0.253 e. The summed E-state index contributed by atoms with van der Waals surface area (Å²) in [6.45, 7) is 8.33. The summed E-state index contributed by atoms with van der Waals surface area (Å²) in [6, 6.07) is 0. The van der Waals surface area contributed by atoms with Crippen molar-refractivity contribution in [3.63, 3.8) is 0 Å². The molecule has 0 bridgehead atoms. The Bertz CT molecular complexity index is 263. The van der Waals surface area contributed by atoms with Crippen LogP contribution in [-0.4, -0.2) is 72.4 Å². The molecule has 5 heteroatoms. The van der Waals surface area contributed by atoms with Crippen LogP contribution < -0.4 is 0 Å². The molecule has 1 atom stereocenters. The summed E-state index contributed by atoms with van der Waals surface area (Å²) in [4.78, 5) is 16.0. The molecular formula is C12H24N2O3. The Morgan fingerprint density at radius 1 is 1.59 bits per heavy atom. The number of hydrogen-bond donors (Lipinski definition) is 1. The van der Waals surface area contributed by atoms with Gasteiger partial charge in [0.1, 0.15) is 6.10 Å². The van der Waals surface area contributed by atoms with Crippen LogP contribution in [-0.2, 0) is 9.53 Å². The molecule has 0 aliphatic carbocycles. The lowest BCUT2D eigenvalue weighted by Crippen LogP contribution is -2.52. The number of likely N-dealkylation sites (N-methyl/N-ethyl adjacent to an activating group) is 2. The normalized spacial score (nSPS) is 22.5. The van der Waals surface area contributed by atoms with Crippen LogP contribution in [0, 0.1) is 0 Å². The number of amides is 1. The minimum Gasteiger partial charge on any atom is -0.389 e. The molecule has 0 spiro atoms. The Morgan fingerprint density at radius 3 is 2.71 bits per heavy atom. The van der Waals surface area contributed by atoms with Crippen LogP contribution in [0.25, 0.3) is 0 Å². The Hall–Kier alpha value is -0.650. The van der Waals surface area contributed by atoms with Gasteiger partial charge in [-0.3, -0.25) is 4.79 Å². The molecule has 1 N–H and O–H groups in total. The average molecular weight is 244 g/mol. The SMILES string of the molecule is CCN(CC(C)(C)O)C(=O)C1CN(C)CCO1. The quantitative estimate of drug-likeness (QED) is 0.752. The Morgan fingerprint density at radius 2 is 2.24 bits per heavy atom. The van der Waals surface area contributed by atoms with Crippen molar-refractivity contribution >= 4 is 5.91 Å². The predicted molar refractivity (Wildman–Crippen MR) is 65.8 cm³/mol. The summed E-state index contributed by atoms with van der Waals surface area (Å²) in [6.07, 6.45) is -0.393. The maximum atomic E-state index is 12.2. The molecule has 0 aromatic rings. The summed E-state index contributed by atoms with van der Waals surface area (Å²) in [5.74, 6) is -0.0267. The van der Waals surface area contributed by atoms with Crippen LogP contribution in [0.5, 0.6) is 0 Å². The molecule has 0 radical (unpaired) electrons. The van der Waals surface area contributed by atoms with E-state index in [1.807, 2.05) is 14.0 Å². The minimum absolute atomic E-state index is 0.0267. The van der Waals surface area contributed by atoms with Crippen molar-refractivity contribution in [3.05, 3.63) is 0 Å². The van der Waals surface area contributed by atoms with E-state index in [1.165, 1.54) is 0 Å². The summed E-state index contributed by atoms with van der Waals surface area (Å²) in [7, 11) is 1.98. The third-order valence-corrected chi connectivity index (χ3v) is 2.82. The number of carbonyl (C=O) groups is 1. The van der Waals surface area contributed by atoms with Crippen molar-refractivity contribution < 1.29 is 14.6 Å². The maximum absolute atomic E-state index is 12.2. The smallest absolute Gasteiger partial charge is 0.253 e. The molecule has 1 heterocycles. The summed E-state index contributed by atoms with van der Waals surface area (Å²) >= 11 is 0. The topological polar surface area (TPSA) is 53.0 Å². The third kappa shape index (κ3) is 4.61. The highest BCUT2D eigenvalue weighted by atomic mass is 16.5. The second-order valence-electron chi connectivity index (χ2n) is 5.29. The number of rotatable bonds is 4. The van der Waals surface area contributed by atoms with Crippen molar-refractivity contribution in [1.82, 2.24) is 9.80 Å². The molecule has 5 nitrogen and oxygen atoms in total. The van der Waals surface area contributed by atoms with Crippen LogP contribution in [0.1, 0.15) is 20.8 Å². The standard InChI is InChI=1S/C12H24N2O3/c1-5-14(9-12(2,3)16)11(15)10-8-13(4)6-7-17-10/h10,16H,5-9H2,1-4H3. The van der Waals surface area contributed by atoms with Gasteiger partial charge in [-0.2, -0.15) is 0 Å². The molecule has 1 aliphatic heterocycles. The zero-order valence-corrected chi connectivity index (χ0v) is 11.3. The van der Waals surface area contributed by atoms with Crippen molar-refractivity contribution in [2.75, 3.05) is 39.8 Å². The highest BCUT2D eigenvalue weighted by Crippen LogP contribution is 2.10. The van der Waals surface area contributed by atoms with Gasteiger partial charge < -0.3 is 19.6 Å². The van der Waals surface area contributed by atoms with E-state index in [0.717, 1.165) is 6.54 Å². The Kier molecular flexibility index (Phi) is 4.91. The van der Waals surface area contributed by atoms with Crippen LogP contribution in [0.15, 0.2) is 0 Å². The van der Waals surface area contributed by atoms with Crippen molar-refractivity contribution in [2.45, 2.75) is 32.5 Å². The van der Waals surface area contributed by atoms with Crippen molar-refractivity contribution in [3.8, 4) is 0 Å². The van der Waals surface area contributed by atoms with Gasteiger partial charge in [-0.05, 0) is 27.8 Å². The van der Waals surface area contributed by atoms with Gasteiger partial charge in [0.2, 0.25) is 0 Å². The van der Waals surface area contributed by atoms with E-state index in [2.05, 4.69) is 4.90 Å². The van der Waals surface area contributed by atoms with E-state index in [9.17, 15) is 9.90 Å². The van der Waals surface area contributed by atoms with Crippen molar-refractivity contribution in [2.24, 2.45) is 0 Å². The Labute approximate surface area is 103 Å². The van der Waals surface area contributed by atoms with Gasteiger partial charge in [0, 0.05) is 26.2 Å². The summed E-state index contributed by atoms with van der Waals surface area (Å²) in [5, 5.41) is 9.77. The monoisotopic (exact) mass is 244 g/mol. The highest BCUT2D eigenvalue weighted by molar-refractivity contribution is 5.81. The fraction of sp³-hybridized carbons (Fsp3) is 0.917. The summed E-state index contributed by atoms with van der Waals surface area (Å²) in [5.41, 5.74) is -0.869. The van der Waals surface area contributed by atoms with Crippen LogP contribution in [0.2, 0.25) is 0 Å². The lowest BCUT2D eigenvalue weighted by Gasteiger charge is -2.34. The lowest BCUT2D eigenvalue weighted by molar-refractivity contribution is -0.151. The summed E-state index contributed by atoms with van der Waals surface area (Å²) < 4.78 is 5.49. The van der Waals surface area contributed by atoms with Crippen LogP contribution in [0.4, 0.5) is 0 Å². The van der Waals surface area contributed by atoms with E-state index >= 15 is 0 Å². The third-order valence-electron chi connectivity index (χ3n) is 2.82. The van der Waals surface area contributed by atoms with E-state index < -0.39 is 11.7 Å². The average Bonchev–Trinajstić information content (AvgIpc) is 2.23. The number of ether oxygens (including phenoxy) is 1. The van der Waals surface area contributed by atoms with E-state index in [4.69, 9.17) is 4.74 Å². The van der Waals surface area contributed by atoms with E-state index in [1.54, 1.807) is 18.7 Å². The number of aliphatic hydroxyl groups is 1. The zero-order chi connectivity index (χ0) is 13.1. The van der Waals surface area contributed by atoms with Gasteiger partial charge in [0.25, 0.3) is 5.91 Å². The second-order valence-corrected chi connectivity index (χ2v) is 5.29. The number of nitrogens with zero attached hydrogens (tertiary/aromatic N) is 2. The fourth-order valence-corrected chi connectivity index (χ4v) is 1.94. The zero-order valence-electron chi connectivity index (χ0n) is 11.3. The molecule has 0 aromatic carbocycles. The number of morpholine rings is 1. The van der Waals surface area contributed by atoms with Gasteiger partial charge in [0.05, 0.1) is 12.2 Å². The molecule has 1 rings (SSSR count). The first-order valence-electron chi connectivity index (χ1n) is 6.15. The van der Waals surface area contributed by atoms with Gasteiger partial charge in [-0.15, -0.1) is 0 Å². The van der Waals surface area contributed by atoms with Gasteiger partial charge in [0.15, 0.2) is 0 Å². The number of hydrogen-bond acceptors (Lipinski definition) is 4. The van der Waals surface area contributed by atoms with Gasteiger partial charge in [-0.25, -0.2) is 0 Å².